The molecule has 0 radical (unpaired) electrons. The lowest BCUT2D eigenvalue weighted by atomic mass is 9.94. The van der Waals surface area contributed by atoms with Gasteiger partial charge in [-0.1, -0.05) is 30.3 Å². The first-order valence-corrected chi connectivity index (χ1v) is 12.5. The van der Waals surface area contributed by atoms with Gasteiger partial charge < -0.3 is 10.2 Å². The van der Waals surface area contributed by atoms with E-state index >= 15 is 0 Å². The Kier molecular flexibility index (Phi) is 7.17. The molecule has 0 saturated carbocycles. The second-order valence-electron chi connectivity index (χ2n) is 8.59. The predicted molar refractivity (Wildman–Crippen MR) is 145 cm³/mol. The Balaban J connectivity index is 1.99. The molecule has 1 aliphatic carbocycles. The van der Waals surface area contributed by atoms with Gasteiger partial charge in [0.2, 0.25) is 5.91 Å². The van der Waals surface area contributed by atoms with E-state index in [1.165, 1.54) is 23.2 Å². The maximum atomic E-state index is 12.6. The second kappa shape index (κ2) is 10.3. The topological polar surface area (TPSA) is 92.5 Å². The van der Waals surface area contributed by atoms with Crippen LogP contribution in [0.2, 0.25) is 0 Å². The number of anilines is 1. The first kappa shape index (κ1) is 25.1. The number of thiazole rings is 1. The molecule has 3 aromatic rings. The SMILES string of the molecule is C#Cc1cc(C(=O)N(C)C)ccc1-n1nc(/C(C=NC)=C/CC)c2c1-c1sc(NC(C)=O)nc1CC2. The maximum absolute atomic E-state index is 12.6. The van der Waals surface area contributed by atoms with Crippen LogP contribution in [0.15, 0.2) is 29.3 Å². The lowest BCUT2D eigenvalue weighted by Gasteiger charge is -2.16. The van der Waals surface area contributed by atoms with Crippen LogP contribution in [0.3, 0.4) is 0 Å². The highest BCUT2D eigenvalue weighted by Crippen LogP contribution is 2.43. The van der Waals surface area contributed by atoms with Crippen LogP contribution in [0.1, 0.15) is 53.1 Å². The highest BCUT2D eigenvalue weighted by molar-refractivity contribution is 7.19. The number of rotatable bonds is 6. The van der Waals surface area contributed by atoms with Gasteiger partial charge in [-0.2, -0.15) is 5.10 Å². The molecule has 8 nitrogen and oxygen atoms in total. The zero-order valence-corrected chi connectivity index (χ0v) is 21.9. The molecule has 0 bridgehead atoms. The summed E-state index contributed by atoms with van der Waals surface area (Å²) in [5, 5.41) is 8.41. The number of hydrogen-bond acceptors (Lipinski definition) is 6. The highest BCUT2D eigenvalue weighted by atomic mass is 32.1. The molecular formula is C27H28N6O2S. The van der Waals surface area contributed by atoms with Crippen molar-refractivity contribution in [3.05, 3.63) is 52.4 Å². The number of terminal acetylenes is 1. The summed E-state index contributed by atoms with van der Waals surface area (Å²) in [6.07, 6.45) is 12.1. The summed E-state index contributed by atoms with van der Waals surface area (Å²) in [4.78, 5) is 35.6. The molecule has 0 spiro atoms. The van der Waals surface area contributed by atoms with Crippen molar-refractivity contribution in [2.75, 3.05) is 26.5 Å². The van der Waals surface area contributed by atoms with Gasteiger partial charge in [-0.15, -0.1) is 6.42 Å². The third kappa shape index (κ3) is 4.60. The van der Waals surface area contributed by atoms with E-state index in [4.69, 9.17) is 11.5 Å². The van der Waals surface area contributed by atoms with Gasteiger partial charge >= 0.3 is 0 Å². The van der Waals surface area contributed by atoms with E-state index in [2.05, 4.69) is 34.2 Å². The number of fused-ring (bicyclic) bond motifs is 3. The molecule has 4 rings (SSSR count). The molecule has 1 N–H and O–H groups in total. The molecule has 184 valence electrons. The Hall–Kier alpha value is -4.03. The van der Waals surface area contributed by atoms with Crippen LogP contribution in [0.25, 0.3) is 21.8 Å². The lowest BCUT2D eigenvalue weighted by Crippen LogP contribution is -2.21. The summed E-state index contributed by atoms with van der Waals surface area (Å²) in [7, 11) is 5.15. The van der Waals surface area contributed by atoms with Crippen molar-refractivity contribution < 1.29 is 9.59 Å². The third-order valence-electron chi connectivity index (χ3n) is 5.79. The molecule has 2 heterocycles. The summed E-state index contributed by atoms with van der Waals surface area (Å²) in [6, 6.07) is 5.33. The monoisotopic (exact) mass is 500 g/mol. The van der Waals surface area contributed by atoms with E-state index in [1.807, 2.05) is 17.0 Å². The number of aliphatic imine (C=N–C) groups is 1. The minimum Gasteiger partial charge on any atom is -0.345 e. The molecule has 1 aromatic carbocycles. The van der Waals surface area contributed by atoms with Crippen molar-refractivity contribution in [1.82, 2.24) is 19.7 Å². The summed E-state index contributed by atoms with van der Waals surface area (Å²) in [5.74, 6) is 2.44. The van der Waals surface area contributed by atoms with Crippen molar-refractivity contribution >= 4 is 40.1 Å². The number of allylic oxidation sites excluding steroid dienone is 2. The van der Waals surface area contributed by atoms with Crippen LogP contribution < -0.4 is 5.32 Å². The number of aromatic nitrogens is 3. The van der Waals surface area contributed by atoms with Gasteiger partial charge in [-0.3, -0.25) is 14.6 Å². The number of carbonyl (C=O) groups excluding carboxylic acids is 2. The molecule has 1 aliphatic rings. The molecule has 2 aromatic heterocycles. The number of carbonyl (C=O) groups is 2. The van der Waals surface area contributed by atoms with Crippen LogP contribution in [0.5, 0.6) is 0 Å². The molecule has 0 unspecified atom stereocenters. The highest BCUT2D eigenvalue weighted by Gasteiger charge is 2.31. The fourth-order valence-corrected chi connectivity index (χ4v) is 5.39. The largest absolute Gasteiger partial charge is 0.345 e. The zero-order chi connectivity index (χ0) is 26.0. The van der Waals surface area contributed by atoms with Crippen LogP contribution >= 0.6 is 11.3 Å². The summed E-state index contributed by atoms with van der Waals surface area (Å²) >= 11 is 1.42. The van der Waals surface area contributed by atoms with E-state index < -0.39 is 0 Å². The van der Waals surface area contributed by atoms with Gasteiger partial charge in [0.15, 0.2) is 5.13 Å². The first-order valence-electron chi connectivity index (χ1n) is 11.6. The van der Waals surface area contributed by atoms with E-state index in [9.17, 15) is 9.59 Å². The first-order chi connectivity index (χ1) is 17.3. The lowest BCUT2D eigenvalue weighted by molar-refractivity contribution is -0.114. The third-order valence-corrected chi connectivity index (χ3v) is 6.81. The molecule has 0 aliphatic heterocycles. The van der Waals surface area contributed by atoms with Crippen molar-refractivity contribution in [3.8, 4) is 28.6 Å². The van der Waals surface area contributed by atoms with Crippen LogP contribution in [0.4, 0.5) is 5.13 Å². The van der Waals surface area contributed by atoms with Gasteiger partial charge in [0.1, 0.15) is 0 Å². The molecule has 0 atom stereocenters. The number of nitrogens with zero attached hydrogens (tertiary/aromatic N) is 5. The van der Waals surface area contributed by atoms with Gasteiger partial charge in [-0.25, -0.2) is 9.67 Å². The number of aryl methyl sites for hydroxylation is 1. The van der Waals surface area contributed by atoms with E-state index in [1.54, 1.807) is 33.3 Å². The number of benzene rings is 1. The molecule has 0 fully saturated rings. The molecule has 0 saturated heterocycles. The summed E-state index contributed by atoms with van der Waals surface area (Å²) < 4.78 is 1.85. The van der Waals surface area contributed by atoms with Gasteiger partial charge in [0, 0.05) is 51.0 Å². The Morgan fingerprint density at radius 2 is 2.11 bits per heavy atom. The van der Waals surface area contributed by atoms with Crippen molar-refractivity contribution in [3.63, 3.8) is 0 Å². The normalized spacial score (nSPS) is 12.7. The fourth-order valence-electron chi connectivity index (χ4n) is 4.28. The minimum absolute atomic E-state index is 0.127. The maximum Gasteiger partial charge on any atom is 0.253 e. The predicted octanol–water partition coefficient (Wildman–Crippen LogP) is 4.23. The molecule has 36 heavy (non-hydrogen) atoms. The minimum atomic E-state index is -0.168. The number of hydrogen-bond donors (Lipinski definition) is 1. The second-order valence-corrected chi connectivity index (χ2v) is 9.59. The fraction of sp³-hybridized carbons (Fsp3) is 0.296. The van der Waals surface area contributed by atoms with E-state index in [-0.39, 0.29) is 11.8 Å². The molecule has 9 heteroatoms. The van der Waals surface area contributed by atoms with Gasteiger partial charge in [0.25, 0.3) is 5.91 Å². The Morgan fingerprint density at radius 1 is 1.33 bits per heavy atom. The average molecular weight is 501 g/mol. The number of nitrogens with one attached hydrogen (secondary N) is 1. The van der Waals surface area contributed by atoms with Crippen molar-refractivity contribution in [2.45, 2.75) is 33.1 Å². The van der Waals surface area contributed by atoms with E-state index in [0.717, 1.165) is 52.4 Å². The Bertz CT molecular complexity index is 1450. The quantitative estimate of drug-likeness (QED) is 0.405. The summed E-state index contributed by atoms with van der Waals surface area (Å²) in [6.45, 7) is 3.54. The zero-order valence-electron chi connectivity index (χ0n) is 21.0. The van der Waals surface area contributed by atoms with Crippen molar-refractivity contribution in [1.29, 1.82) is 0 Å². The van der Waals surface area contributed by atoms with Crippen LogP contribution in [0, 0.1) is 12.3 Å². The Labute approximate surface area is 214 Å². The standard InChI is InChI=1S/C27H28N6O2S/c1-7-9-19(15-28-4)23-20-11-12-21-25(36-27(30-21)29-16(3)34)24(20)33(31-23)22-13-10-18(14-17(22)8-2)26(35)32(5)6/h2,9-10,13-15H,7,11-12H2,1,3-6H3,(H,29,30,34)/b19-9+,28-15?. The van der Waals surface area contributed by atoms with Crippen LogP contribution in [-0.2, 0) is 17.6 Å². The van der Waals surface area contributed by atoms with Gasteiger partial charge in [-0.05, 0) is 37.5 Å². The van der Waals surface area contributed by atoms with Crippen LogP contribution in [-0.4, -0.2) is 58.8 Å². The van der Waals surface area contributed by atoms with Crippen molar-refractivity contribution in [2.24, 2.45) is 4.99 Å². The molecule has 2 amide bonds. The summed E-state index contributed by atoms with van der Waals surface area (Å²) in [5.41, 5.74) is 6.43. The smallest absolute Gasteiger partial charge is 0.253 e. The van der Waals surface area contributed by atoms with Gasteiger partial charge in [0.05, 0.1) is 33.2 Å². The average Bonchev–Trinajstić information content (AvgIpc) is 3.43. The van der Waals surface area contributed by atoms with E-state index in [0.29, 0.717) is 21.9 Å². The Morgan fingerprint density at radius 3 is 2.75 bits per heavy atom. The molecular weight excluding hydrogens is 472 g/mol. The number of amides is 2.